The van der Waals surface area contributed by atoms with Crippen LogP contribution in [-0.4, -0.2) is 25.1 Å². The topological polar surface area (TPSA) is 35.5 Å². The Kier molecular flexibility index (Phi) is 6.03. The van der Waals surface area contributed by atoms with Crippen molar-refractivity contribution in [3.8, 4) is 5.75 Å². The molecule has 0 heterocycles. The quantitative estimate of drug-likeness (QED) is 0.669. The number of rotatable bonds is 8. The summed E-state index contributed by atoms with van der Waals surface area (Å²) in [6, 6.07) is 7.31. The molecule has 0 aliphatic carbocycles. The summed E-state index contributed by atoms with van der Waals surface area (Å²) < 4.78 is 11.0. The van der Waals surface area contributed by atoms with Crippen LogP contribution in [0.1, 0.15) is 50.4 Å². The molecule has 106 valence electrons. The van der Waals surface area contributed by atoms with Crippen LogP contribution in [0.3, 0.4) is 0 Å². The molecule has 0 N–H and O–H groups in total. The van der Waals surface area contributed by atoms with Gasteiger partial charge in [0.05, 0.1) is 6.61 Å². The van der Waals surface area contributed by atoms with E-state index < -0.39 is 5.60 Å². The molecular formula is C16H24O3. The molecule has 0 aliphatic heterocycles. The maximum atomic E-state index is 12.5. The monoisotopic (exact) mass is 264 g/mol. The third kappa shape index (κ3) is 3.57. The maximum absolute atomic E-state index is 12.5. The molecule has 1 aromatic carbocycles. The van der Waals surface area contributed by atoms with Gasteiger partial charge in [0.25, 0.3) is 0 Å². The average Bonchev–Trinajstić information content (AvgIpc) is 2.48. The van der Waals surface area contributed by atoms with Gasteiger partial charge in [0.2, 0.25) is 0 Å². The van der Waals surface area contributed by atoms with Crippen LogP contribution in [0, 0.1) is 0 Å². The number of methoxy groups -OCH3 is 1. The Balaban J connectivity index is 2.88. The Bertz CT molecular complexity index is 383. The summed E-state index contributed by atoms with van der Waals surface area (Å²) in [5.41, 5.74) is -0.0272. The van der Waals surface area contributed by atoms with E-state index in [1.807, 2.05) is 38.1 Å². The number of benzene rings is 1. The fourth-order valence-electron chi connectivity index (χ4n) is 2.14. The molecule has 19 heavy (non-hydrogen) atoms. The molecule has 0 saturated carbocycles. The van der Waals surface area contributed by atoms with Crippen molar-refractivity contribution >= 4 is 5.78 Å². The number of hydrogen-bond donors (Lipinski definition) is 0. The van der Waals surface area contributed by atoms with Crippen molar-refractivity contribution in [2.45, 2.75) is 45.6 Å². The predicted octanol–water partition coefficient (Wildman–Crippen LogP) is 3.86. The number of carbonyl (C=O) groups is 1. The van der Waals surface area contributed by atoms with E-state index in [-0.39, 0.29) is 5.78 Å². The summed E-state index contributed by atoms with van der Waals surface area (Å²) in [5, 5.41) is 0. The number of Topliss-reactive ketones (excluding diaryl/α,β-unsaturated/α-hetero) is 1. The third-order valence-electron chi connectivity index (χ3n) is 3.54. The second-order valence-electron chi connectivity index (χ2n) is 4.61. The second kappa shape index (κ2) is 7.29. The van der Waals surface area contributed by atoms with Gasteiger partial charge in [-0.15, -0.1) is 0 Å². The maximum Gasteiger partial charge on any atom is 0.194 e. The van der Waals surface area contributed by atoms with E-state index in [9.17, 15) is 4.79 Å². The normalized spacial score (nSPS) is 11.4. The lowest BCUT2D eigenvalue weighted by molar-refractivity contribution is -0.00261. The first-order valence-electron chi connectivity index (χ1n) is 6.96. The Hall–Kier alpha value is -1.35. The Morgan fingerprint density at radius 1 is 1.11 bits per heavy atom. The number of carbonyl (C=O) groups excluding carboxylic acids is 1. The molecule has 0 aromatic heterocycles. The molecule has 0 saturated heterocycles. The summed E-state index contributed by atoms with van der Waals surface area (Å²) >= 11 is 0. The Morgan fingerprint density at radius 3 is 2.11 bits per heavy atom. The summed E-state index contributed by atoms with van der Waals surface area (Å²) in [5.74, 6) is 0.844. The minimum atomic E-state index is -0.703. The highest BCUT2D eigenvalue weighted by Gasteiger charge is 2.35. The highest BCUT2D eigenvalue weighted by atomic mass is 16.5. The lowest BCUT2D eigenvalue weighted by Gasteiger charge is -2.28. The van der Waals surface area contributed by atoms with Crippen LogP contribution in [0.5, 0.6) is 5.75 Å². The molecule has 1 rings (SSSR count). The van der Waals surface area contributed by atoms with Crippen LogP contribution in [0.15, 0.2) is 24.3 Å². The van der Waals surface area contributed by atoms with Crippen LogP contribution in [-0.2, 0) is 4.74 Å². The van der Waals surface area contributed by atoms with Gasteiger partial charge < -0.3 is 9.47 Å². The van der Waals surface area contributed by atoms with Crippen molar-refractivity contribution in [1.82, 2.24) is 0 Å². The highest BCUT2D eigenvalue weighted by Crippen LogP contribution is 2.26. The van der Waals surface area contributed by atoms with Gasteiger partial charge in [0, 0.05) is 12.7 Å². The molecule has 0 unspecified atom stereocenters. The van der Waals surface area contributed by atoms with Gasteiger partial charge in [0.1, 0.15) is 11.4 Å². The first kappa shape index (κ1) is 15.7. The van der Waals surface area contributed by atoms with E-state index in [2.05, 4.69) is 6.92 Å². The minimum Gasteiger partial charge on any atom is -0.494 e. The van der Waals surface area contributed by atoms with Crippen molar-refractivity contribution in [1.29, 1.82) is 0 Å². The summed E-state index contributed by atoms with van der Waals surface area (Å²) in [7, 11) is 1.60. The predicted molar refractivity (Wildman–Crippen MR) is 76.9 cm³/mol. The van der Waals surface area contributed by atoms with E-state index in [0.29, 0.717) is 25.0 Å². The fourth-order valence-corrected chi connectivity index (χ4v) is 2.14. The number of ether oxygens (including phenoxy) is 2. The van der Waals surface area contributed by atoms with E-state index in [1.165, 1.54) is 0 Å². The lowest BCUT2D eigenvalue weighted by Crippen LogP contribution is -2.39. The lowest BCUT2D eigenvalue weighted by atomic mass is 9.87. The SMILES string of the molecule is CCCOc1ccc(C(=O)C(CC)(CC)OC)cc1. The molecule has 0 amide bonds. The molecule has 0 spiro atoms. The van der Waals surface area contributed by atoms with Crippen molar-refractivity contribution < 1.29 is 14.3 Å². The molecule has 1 aromatic rings. The van der Waals surface area contributed by atoms with Crippen molar-refractivity contribution in [3.63, 3.8) is 0 Å². The number of ketones is 1. The molecule has 0 atom stereocenters. The molecule has 3 heteroatoms. The van der Waals surface area contributed by atoms with Crippen molar-refractivity contribution in [2.24, 2.45) is 0 Å². The first-order chi connectivity index (χ1) is 9.13. The van der Waals surface area contributed by atoms with Crippen LogP contribution in [0.2, 0.25) is 0 Å². The van der Waals surface area contributed by atoms with Gasteiger partial charge in [-0.2, -0.15) is 0 Å². The molecular weight excluding hydrogens is 240 g/mol. The van der Waals surface area contributed by atoms with Crippen molar-refractivity contribution in [2.75, 3.05) is 13.7 Å². The smallest absolute Gasteiger partial charge is 0.194 e. The summed E-state index contributed by atoms with van der Waals surface area (Å²) in [4.78, 5) is 12.5. The van der Waals surface area contributed by atoms with Gasteiger partial charge in [-0.3, -0.25) is 4.79 Å². The van der Waals surface area contributed by atoms with Gasteiger partial charge in [0.15, 0.2) is 5.78 Å². The first-order valence-corrected chi connectivity index (χ1v) is 6.96. The van der Waals surface area contributed by atoms with E-state index >= 15 is 0 Å². The van der Waals surface area contributed by atoms with Gasteiger partial charge in [-0.05, 0) is 43.5 Å². The molecule has 0 aliphatic rings. The molecule has 3 nitrogen and oxygen atoms in total. The minimum absolute atomic E-state index is 0.0436. The third-order valence-corrected chi connectivity index (χ3v) is 3.54. The molecule has 0 fully saturated rings. The second-order valence-corrected chi connectivity index (χ2v) is 4.61. The van der Waals surface area contributed by atoms with E-state index in [1.54, 1.807) is 7.11 Å². The molecule has 0 radical (unpaired) electrons. The molecule has 0 bridgehead atoms. The fraction of sp³-hybridized carbons (Fsp3) is 0.562. The van der Waals surface area contributed by atoms with Crippen LogP contribution in [0.4, 0.5) is 0 Å². The largest absolute Gasteiger partial charge is 0.494 e. The zero-order chi connectivity index (χ0) is 14.3. The van der Waals surface area contributed by atoms with E-state index in [0.717, 1.165) is 12.2 Å². The zero-order valence-electron chi connectivity index (χ0n) is 12.4. The Morgan fingerprint density at radius 2 is 1.68 bits per heavy atom. The van der Waals surface area contributed by atoms with Gasteiger partial charge in [-0.1, -0.05) is 20.8 Å². The Labute approximate surface area is 115 Å². The number of hydrogen-bond acceptors (Lipinski definition) is 3. The summed E-state index contributed by atoms with van der Waals surface area (Å²) in [6.45, 7) is 6.71. The van der Waals surface area contributed by atoms with Crippen molar-refractivity contribution in [3.05, 3.63) is 29.8 Å². The zero-order valence-corrected chi connectivity index (χ0v) is 12.4. The highest BCUT2D eigenvalue weighted by molar-refractivity contribution is 6.02. The van der Waals surface area contributed by atoms with Gasteiger partial charge in [-0.25, -0.2) is 0 Å². The summed E-state index contributed by atoms with van der Waals surface area (Å²) in [6.07, 6.45) is 2.32. The van der Waals surface area contributed by atoms with Gasteiger partial charge >= 0.3 is 0 Å². The average molecular weight is 264 g/mol. The van der Waals surface area contributed by atoms with Crippen LogP contribution < -0.4 is 4.74 Å². The van der Waals surface area contributed by atoms with Crippen LogP contribution in [0.25, 0.3) is 0 Å². The van der Waals surface area contributed by atoms with E-state index in [4.69, 9.17) is 9.47 Å². The van der Waals surface area contributed by atoms with Crippen LogP contribution >= 0.6 is 0 Å². The standard InChI is InChI=1S/C16H24O3/c1-5-12-19-14-10-8-13(9-11-14)15(17)16(6-2,7-3)18-4/h8-11H,5-7,12H2,1-4H3.